The molecule has 0 heterocycles. The Morgan fingerprint density at radius 2 is 2.24 bits per heavy atom. The van der Waals surface area contributed by atoms with Crippen LogP contribution >= 0.6 is 23.4 Å². The van der Waals surface area contributed by atoms with Crippen molar-refractivity contribution >= 4 is 29.3 Å². The van der Waals surface area contributed by atoms with Gasteiger partial charge in [0.1, 0.15) is 0 Å². The summed E-state index contributed by atoms with van der Waals surface area (Å²) in [5.74, 6) is -0.708. The summed E-state index contributed by atoms with van der Waals surface area (Å²) < 4.78 is 0. The molecule has 3 nitrogen and oxygen atoms in total. The van der Waals surface area contributed by atoms with Crippen LogP contribution in [0.2, 0.25) is 0 Å². The van der Waals surface area contributed by atoms with Gasteiger partial charge in [0.2, 0.25) is 0 Å². The van der Waals surface area contributed by atoms with Crippen LogP contribution in [-0.2, 0) is 11.2 Å². The summed E-state index contributed by atoms with van der Waals surface area (Å²) in [6.45, 7) is 0. The first-order chi connectivity index (χ1) is 8.10. The second kappa shape index (κ2) is 6.89. The first-order valence-electron chi connectivity index (χ1n) is 5.23. The Morgan fingerprint density at radius 1 is 1.53 bits per heavy atom. The van der Waals surface area contributed by atoms with E-state index in [1.54, 1.807) is 17.8 Å². The SMILES string of the molecule is CSc1ccc(C(O)C(=O)O)c(CCCCl)c1. The number of aliphatic carboxylic acids is 1. The van der Waals surface area contributed by atoms with E-state index in [1.807, 2.05) is 18.4 Å². The second-order valence-corrected chi connectivity index (χ2v) is 4.86. The van der Waals surface area contributed by atoms with Gasteiger partial charge in [0.05, 0.1) is 0 Å². The average molecular weight is 275 g/mol. The zero-order valence-corrected chi connectivity index (χ0v) is 11.1. The molecule has 1 unspecified atom stereocenters. The molecule has 2 N–H and O–H groups in total. The van der Waals surface area contributed by atoms with Crippen molar-refractivity contribution < 1.29 is 15.0 Å². The van der Waals surface area contributed by atoms with E-state index in [-0.39, 0.29) is 0 Å². The van der Waals surface area contributed by atoms with Crippen LogP contribution in [-0.4, -0.2) is 28.3 Å². The Kier molecular flexibility index (Phi) is 5.82. The highest BCUT2D eigenvalue weighted by molar-refractivity contribution is 7.98. The van der Waals surface area contributed by atoms with Crippen LogP contribution < -0.4 is 0 Å². The molecule has 17 heavy (non-hydrogen) atoms. The highest BCUT2D eigenvalue weighted by Gasteiger charge is 2.19. The maximum atomic E-state index is 10.8. The van der Waals surface area contributed by atoms with Gasteiger partial charge in [0, 0.05) is 10.8 Å². The molecule has 1 aromatic rings. The number of carboxylic acid groups (broad SMARTS) is 1. The molecule has 0 spiro atoms. The lowest BCUT2D eigenvalue weighted by Crippen LogP contribution is -2.13. The Hall–Kier alpha value is -0.710. The monoisotopic (exact) mass is 274 g/mol. The van der Waals surface area contributed by atoms with Crippen LogP contribution in [0.5, 0.6) is 0 Å². The number of thioether (sulfide) groups is 1. The maximum Gasteiger partial charge on any atom is 0.337 e. The lowest BCUT2D eigenvalue weighted by molar-refractivity contribution is -0.147. The number of rotatable bonds is 6. The topological polar surface area (TPSA) is 57.5 Å². The largest absolute Gasteiger partial charge is 0.479 e. The molecule has 0 aromatic heterocycles. The van der Waals surface area contributed by atoms with Crippen molar-refractivity contribution in [3.05, 3.63) is 29.3 Å². The van der Waals surface area contributed by atoms with E-state index in [1.165, 1.54) is 0 Å². The molecule has 1 rings (SSSR count). The fourth-order valence-corrected chi connectivity index (χ4v) is 2.18. The molecule has 0 aliphatic carbocycles. The Morgan fingerprint density at radius 3 is 2.76 bits per heavy atom. The zero-order valence-electron chi connectivity index (χ0n) is 9.52. The zero-order chi connectivity index (χ0) is 12.8. The summed E-state index contributed by atoms with van der Waals surface area (Å²) in [4.78, 5) is 11.9. The van der Waals surface area contributed by atoms with E-state index in [0.29, 0.717) is 17.9 Å². The number of benzene rings is 1. The number of halogens is 1. The molecule has 0 aliphatic rings. The van der Waals surface area contributed by atoms with Crippen molar-refractivity contribution in [3.63, 3.8) is 0 Å². The molecule has 94 valence electrons. The third-order valence-electron chi connectivity index (χ3n) is 2.46. The van der Waals surface area contributed by atoms with Crippen LogP contribution in [0.4, 0.5) is 0 Å². The summed E-state index contributed by atoms with van der Waals surface area (Å²) in [6, 6.07) is 5.41. The molecule has 1 atom stereocenters. The van der Waals surface area contributed by atoms with Crippen molar-refractivity contribution in [2.24, 2.45) is 0 Å². The van der Waals surface area contributed by atoms with E-state index < -0.39 is 12.1 Å². The molecule has 1 aromatic carbocycles. The van der Waals surface area contributed by atoms with Gasteiger partial charge in [0.15, 0.2) is 6.10 Å². The van der Waals surface area contributed by atoms with E-state index in [9.17, 15) is 9.90 Å². The van der Waals surface area contributed by atoms with Crippen LogP contribution in [0.3, 0.4) is 0 Å². The van der Waals surface area contributed by atoms with E-state index >= 15 is 0 Å². The van der Waals surface area contributed by atoms with Crippen LogP contribution in [0, 0.1) is 0 Å². The van der Waals surface area contributed by atoms with Crippen molar-refractivity contribution in [2.45, 2.75) is 23.8 Å². The predicted molar refractivity (Wildman–Crippen MR) is 69.9 cm³/mol. The van der Waals surface area contributed by atoms with Crippen molar-refractivity contribution in [1.29, 1.82) is 0 Å². The number of carbonyl (C=O) groups is 1. The van der Waals surface area contributed by atoms with E-state index in [2.05, 4.69) is 0 Å². The number of aliphatic hydroxyl groups excluding tert-OH is 1. The lowest BCUT2D eigenvalue weighted by atomic mass is 9.99. The van der Waals surface area contributed by atoms with Gasteiger partial charge in [-0.2, -0.15) is 0 Å². The fraction of sp³-hybridized carbons (Fsp3) is 0.417. The quantitative estimate of drug-likeness (QED) is 0.619. The highest BCUT2D eigenvalue weighted by atomic mass is 35.5. The number of aliphatic hydroxyl groups is 1. The van der Waals surface area contributed by atoms with Crippen molar-refractivity contribution in [3.8, 4) is 0 Å². The van der Waals surface area contributed by atoms with Gasteiger partial charge < -0.3 is 10.2 Å². The number of aryl methyl sites for hydroxylation is 1. The van der Waals surface area contributed by atoms with Gasteiger partial charge in [-0.05, 0) is 42.4 Å². The van der Waals surface area contributed by atoms with Crippen LogP contribution in [0.15, 0.2) is 23.1 Å². The molecule has 5 heteroatoms. The normalized spacial score (nSPS) is 12.4. The van der Waals surface area contributed by atoms with Gasteiger partial charge in [-0.1, -0.05) is 6.07 Å². The van der Waals surface area contributed by atoms with Gasteiger partial charge in [-0.3, -0.25) is 0 Å². The Balaban J connectivity index is 3.05. The third-order valence-corrected chi connectivity index (χ3v) is 3.45. The highest BCUT2D eigenvalue weighted by Crippen LogP contribution is 2.25. The standard InChI is InChI=1S/C12H15ClO3S/c1-17-9-4-5-10(11(14)12(15)16)8(7-9)3-2-6-13/h4-5,7,11,14H,2-3,6H2,1H3,(H,15,16). The molecular weight excluding hydrogens is 260 g/mol. The van der Waals surface area contributed by atoms with E-state index in [4.69, 9.17) is 16.7 Å². The summed E-state index contributed by atoms with van der Waals surface area (Å²) >= 11 is 7.22. The molecule has 0 amide bonds. The first-order valence-corrected chi connectivity index (χ1v) is 6.99. The summed E-state index contributed by atoms with van der Waals surface area (Å²) in [5, 5.41) is 18.4. The third kappa shape index (κ3) is 3.91. The molecule has 0 bridgehead atoms. The molecule has 0 aliphatic heterocycles. The van der Waals surface area contributed by atoms with Crippen molar-refractivity contribution in [1.82, 2.24) is 0 Å². The Labute approximate surface area is 110 Å². The average Bonchev–Trinajstić information content (AvgIpc) is 2.34. The van der Waals surface area contributed by atoms with Gasteiger partial charge in [-0.15, -0.1) is 23.4 Å². The summed E-state index contributed by atoms with van der Waals surface area (Å²) in [6.07, 6.45) is 1.93. The molecular formula is C12H15ClO3S. The molecule has 0 saturated carbocycles. The summed E-state index contributed by atoms with van der Waals surface area (Å²) in [5.41, 5.74) is 1.31. The maximum absolute atomic E-state index is 10.8. The van der Waals surface area contributed by atoms with Gasteiger partial charge in [0.25, 0.3) is 0 Å². The Bertz CT molecular complexity index is 395. The minimum Gasteiger partial charge on any atom is -0.479 e. The lowest BCUT2D eigenvalue weighted by Gasteiger charge is -2.13. The number of hydrogen-bond donors (Lipinski definition) is 2. The van der Waals surface area contributed by atoms with Crippen LogP contribution in [0.25, 0.3) is 0 Å². The predicted octanol–water partition coefficient (Wildman–Crippen LogP) is 2.70. The molecule has 0 saturated heterocycles. The minimum absolute atomic E-state index is 0.459. The number of carboxylic acids is 1. The van der Waals surface area contributed by atoms with E-state index in [0.717, 1.165) is 16.9 Å². The molecule has 0 radical (unpaired) electrons. The fourth-order valence-electron chi connectivity index (χ4n) is 1.58. The van der Waals surface area contributed by atoms with Gasteiger partial charge in [-0.25, -0.2) is 4.79 Å². The smallest absolute Gasteiger partial charge is 0.337 e. The second-order valence-electron chi connectivity index (χ2n) is 3.60. The molecule has 0 fully saturated rings. The number of alkyl halides is 1. The number of hydrogen-bond acceptors (Lipinski definition) is 3. The van der Waals surface area contributed by atoms with Gasteiger partial charge >= 0.3 is 5.97 Å². The first kappa shape index (κ1) is 14.4. The van der Waals surface area contributed by atoms with Crippen molar-refractivity contribution in [2.75, 3.05) is 12.1 Å². The van der Waals surface area contributed by atoms with Crippen LogP contribution in [0.1, 0.15) is 23.7 Å². The summed E-state index contributed by atoms with van der Waals surface area (Å²) in [7, 11) is 0. The minimum atomic E-state index is -1.46.